The molecular weight excluding hydrogens is 266 g/mol. The van der Waals surface area contributed by atoms with Crippen molar-refractivity contribution in [1.82, 2.24) is 9.80 Å². The molecule has 0 aliphatic carbocycles. The van der Waals surface area contributed by atoms with Gasteiger partial charge in [0.15, 0.2) is 0 Å². The van der Waals surface area contributed by atoms with Crippen LogP contribution in [0.5, 0.6) is 0 Å². The van der Waals surface area contributed by atoms with Gasteiger partial charge in [-0.15, -0.1) is 0 Å². The van der Waals surface area contributed by atoms with Crippen molar-refractivity contribution in [2.45, 2.75) is 32.9 Å². The first-order valence-corrected chi connectivity index (χ1v) is 7.63. The third kappa shape index (κ3) is 4.01. The van der Waals surface area contributed by atoms with Crippen molar-refractivity contribution < 1.29 is 0 Å². The molecule has 3 nitrogen and oxygen atoms in total. The summed E-state index contributed by atoms with van der Waals surface area (Å²) in [5, 5.41) is 0. The molecular formula is C16H25N3S. The van der Waals surface area contributed by atoms with Crippen LogP contribution in [0.3, 0.4) is 0 Å². The van der Waals surface area contributed by atoms with Crippen LogP contribution in [0.1, 0.15) is 31.9 Å². The Kier molecular flexibility index (Phi) is 4.78. The Balaban J connectivity index is 1.88. The Hall–Kier alpha value is -0.970. The fraction of sp³-hybridized carbons (Fsp3) is 0.562. The third-order valence-corrected chi connectivity index (χ3v) is 4.20. The summed E-state index contributed by atoms with van der Waals surface area (Å²) in [6, 6.07) is 8.29. The van der Waals surface area contributed by atoms with Crippen molar-refractivity contribution in [1.29, 1.82) is 0 Å². The van der Waals surface area contributed by atoms with E-state index >= 15 is 0 Å². The normalized spacial score (nSPS) is 18.1. The lowest BCUT2D eigenvalue weighted by molar-refractivity contribution is 0.0591. The van der Waals surface area contributed by atoms with Crippen LogP contribution < -0.4 is 5.73 Å². The average molecular weight is 291 g/mol. The van der Waals surface area contributed by atoms with E-state index in [1.54, 1.807) is 0 Å². The summed E-state index contributed by atoms with van der Waals surface area (Å²) >= 11 is 4.98. The van der Waals surface area contributed by atoms with E-state index in [9.17, 15) is 0 Å². The second-order valence-corrected chi connectivity index (χ2v) is 6.94. The van der Waals surface area contributed by atoms with Gasteiger partial charge >= 0.3 is 0 Å². The number of benzene rings is 1. The molecule has 2 rings (SSSR count). The molecule has 1 aromatic rings. The molecule has 20 heavy (non-hydrogen) atoms. The standard InChI is InChI=1S/C16H25N3S/c1-16(2,3)19-10-8-18(9-11-19)12-13-4-6-14(7-5-13)15(17)20/h4-7H,8-12H2,1-3H3,(H2,17,20). The topological polar surface area (TPSA) is 32.5 Å². The van der Waals surface area contributed by atoms with Gasteiger partial charge in [-0.2, -0.15) is 0 Å². The van der Waals surface area contributed by atoms with Gasteiger partial charge in [0.25, 0.3) is 0 Å². The molecule has 4 heteroatoms. The van der Waals surface area contributed by atoms with Crippen LogP contribution in [0, 0.1) is 0 Å². The maximum atomic E-state index is 5.62. The second-order valence-electron chi connectivity index (χ2n) is 6.50. The molecule has 0 amide bonds. The summed E-state index contributed by atoms with van der Waals surface area (Å²) in [6.45, 7) is 12.4. The van der Waals surface area contributed by atoms with E-state index in [1.165, 1.54) is 5.56 Å². The molecule has 0 radical (unpaired) electrons. The van der Waals surface area contributed by atoms with Crippen LogP contribution in [-0.2, 0) is 6.54 Å². The minimum atomic E-state index is 0.282. The number of rotatable bonds is 3. The van der Waals surface area contributed by atoms with Crippen molar-refractivity contribution in [2.75, 3.05) is 26.2 Å². The summed E-state index contributed by atoms with van der Waals surface area (Å²) in [7, 11) is 0. The number of piperazine rings is 1. The number of hydrogen-bond acceptors (Lipinski definition) is 3. The Bertz CT molecular complexity index is 454. The fourth-order valence-corrected chi connectivity index (χ4v) is 2.75. The molecule has 1 aliphatic heterocycles. The largest absolute Gasteiger partial charge is 0.389 e. The first kappa shape index (κ1) is 15.4. The highest BCUT2D eigenvalue weighted by Gasteiger charge is 2.25. The molecule has 1 aliphatic rings. The van der Waals surface area contributed by atoms with Gasteiger partial charge in [0.05, 0.1) is 0 Å². The van der Waals surface area contributed by atoms with Crippen molar-refractivity contribution in [3.8, 4) is 0 Å². The number of nitrogens with zero attached hydrogens (tertiary/aromatic N) is 2. The number of nitrogens with two attached hydrogens (primary N) is 1. The molecule has 0 spiro atoms. The van der Waals surface area contributed by atoms with Gasteiger partial charge in [-0.25, -0.2) is 0 Å². The van der Waals surface area contributed by atoms with Crippen LogP contribution in [-0.4, -0.2) is 46.5 Å². The average Bonchev–Trinajstić information content (AvgIpc) is 2.39. The van der Waals surface area contributed by atoms with E-state index < -0.39 is 0 Å². The molecule has 0 unspecified atom stereocenters. The van der Waals surface area contributed by atoms with Gasteiger partial charge < -0.3 is 5.73 Å². The third-order valence-electron chi connectivity index (χ3n) is 3.97. The Labute approximate surface area is 127 Å². The van der Waals surface area contributed by atoms with Crippen molar-refractivity contribution >= 4 is 17.2 Å². The van der Waals surface area contributed by atoms with Gasteiger partial charge in [0.2, 0.25) is 0 Å². The van der Waals surface area contributed by atoms with Crippen molar-refractivity contribution in [3.63, 3.8) is 0 Å². The van der Waals surface area contributed by atoms with E-state index in [4.69, 9.17) is 18.0 Å². The van der Waals surface area contributed by atoms with Gasteiger partial charge in [0.1, 0.15) is 4.99 Å². The van der Waals surface area contributed by atoms with Crippen LogP contribution in [0.25, 0.3) is 0 Å². The Morgan fingerprint density at radius 1 is 1.10 bits per heavy atom. The molecule has 2 N–H and O–H groups in total. The molecule has 0 aromatic heterocycles. The SMILES string of the molecule is CC(C)(C)N1CCN(Cc2ccc(C(N)=S)cc2)CC1. The van der Waals surface area contributed by atoms with E-state index in [-0.39, 0.29) is 5.54 Å². The first-order valence-electron chi connectivity index (χ1n) is 7.22. The summed E-state index contributed by atoms with van der Waals surface area (Å²) < 4.78 is 0. The number of thiocarbonyl (C=S) groups is 1. The van der Waals surface area contributed by atoms with Gasteiger partial charge in [-0.3, -0.25) is 9.80 Å². The molecule has 0 bridgehead atoms. The summed E-state index contributed by atoms with van der Waals surface area (Å²) in [6.07, 6.45) is 0. The van der Waals surface area contributed by atoms with Crippen LogP contribution >= 0.6 is 12.2 Å². The Morgan fingerprint density at radius 3 is 2.10 bits per heavy atom. The van der Waals surface area contributed by atoms with Crippen LogP contribution in [0.4, 0.5) is 0 Å². The summed E-state index contributed by atoms with van der Waals surface area (Å²) in [4.78, 5) is 5.53. The molecule has 1 aromatic carbocycles. The lowest BCUT2D eigenvalue weighted by Crippen LogP contribution is -2.53. The zero-order chi connectivity index (χ0) is 14.8. The lowest BCUT2D eigenvalue weighted by Gasteiger charge is -2.42. The summed E-state index contributed by atoms with van der Waals surface area (Å²) in [5.74, 6) is 0. The maximum absolute atomic E-state index is 5.62. The minimum Gasteiger partial charge on any atom is -0.389 e. The van der Waals surface area contributed by atoms with Crippen molar-refractivity contribution in [3.05, 3.63) is 35.4 Å². The molecule has 0 saturated carbocycles. The predicted molar refractivity (Wildman–Crippen MR) is 88.9 cm³/mol. The Morgan fingerprint density at radius 2 is 1.65 bits per heavy atom. The van der Waals surface area contributed by atoms with Crippen LogP contribution in [0.15, 0.2) is 24.3 Å². The molecule has 0 atom stereocenters. The fourth-order valence-electron chi connectivity index (χ4n) is 2.61. The first-order chi connectivity index (χ1) is 9.36. The predicted octanol–water partition coefficient (Wildman–Crippen LogP) is 2.24. The van der Waals surface area contributed by atoms with Gasteiger partial charge in [-0.05, 0) is 26.3 Å². The van der Waals surface area contributed by atoms with E-state index in [0.717, 1.165) is 38.3 Å². The highest BCUT2D eigenvalue weighted by atomic mass is 32.1. The van der Waals surface area contributed by atoms with E-state index in [1.807, 2.05) is 12.1 Å². The highest BCUT2D eigenvalue weighted by molar-refractivity contribution is 7.80. The molecule has 110 valence electrons. The van der Waals surface area contributed by atoms with Crippen LogP contribution in [0.2, 0.25) is 0 Å². The smallest absolute Gasteiger partial charge is 0.103 e. The van der Waals surface area contributed by atoms with E-state index in [0.29, 0.717) is 4.99 Å². The maximum Gasteiger partial charge on any atom is 0.103 e. The quantitative estimate of drug-likeness (QED) is 0.866. The zero-order valence-electron chi connectivity index (χ0n) is 12.7. The van der Waals surface area contributed by atoms with Gasteiger partial charge in [-0.1, -0.05) is 36.5 Å². The highest BCUT2D eigenvalue weighted by Crippen LogP contribution is 2.17. The van der Waals surface area contributed by atoms with E-state index in [2.05, 4.69) is 42.7 Å². The number of hydrogen-bond donors (Lipinski definition) is 1. The lowest BCUT2D eigenvalue weighted by atomic mass is 10.0. The van der Waals surface area contributed by atoms with Crippen molar-refractivity contribution in [2.24, 2.45) is 5.73 Å². The monoisotopic (exact) mass is 291 g/mol. The zero-order valence-corrected chi connectivity index (χ0v) is 13.5. The minimum absolute atomic E-state index is 0.282. The van der Waals surface area contributed by atoms with Gasteiger partial charge in [0, 0.05) is 43.8 Å². The second kappa shape index (κ2) is 6.20. The molecule has 1 saturated heterocycles. The summed E-state index contributed by atoms with van der Waals surface area (Å²) in [5.41, 5.74) is 8.18. The molecule has 1 heterocycles. The molecule has 1 fully saturated rings.